The third-order valence-corrected chi connectivity index (χ3v) is 6.50. The number of amides is 1. The maximum Gasteiger partial charge on any atom is 0.217 e. The van der Waals surface area contributed by atoms with Crippen LogP contribution in [0.5, 0.6) is 17.2 Å². The number of methoxy groups -OCH3 is 2. The van der Waals surface area contributed by atoms with Crippen LogP contribution < -0.4 is 25.5 Å². The number of phenolic OH excluding ortho intramolecular Hbond substituents is 1. The minimum Gasteiger partial charge on any atom is -0.504 e. The van der Waals surface area contributed by atoms with Crippen molar-refractivity contribution in [2.75, 3.05) is 27.5 Å². The van der Waals surface area contributed by atoms with Crippen LogP contribution in [-0.4, -0.2) is 38.6 Å². The molecule has 29 heavy (non-hydrogen) atoms. The highest BCUT2D eigenvalue weighted by atomic mass is 31.1. The smallest absolute Gasteiger partial charge is 0.217 e. The Balaban J connectivity index is 2.42. The van der Waals surface area contributed by atoms with Gasteiger partial charge in [-0.2, -0.15) is 0 Å². The van der Waals surface area contributed by atoms with E-state index in [1.807, 2.05) is 25.5 Å². The molecule has 154 valence electrons. The van der Waals surface area contributed by atoms with Crippen molar-refractivity contribution in [3.8, 4) is 28.4 Å². The highest BCUT2D eigenvalue weighted by Gasteiger charge is 2.29. The lowest BCUT2D eigenvalue weighted by atomic mass is 9.95. The van der Waals surface area contributed by atoms with Crippen molar-refractivity contribution >= 4 is 19.1 Å². The van der Waals surface area contributed by atoms with E-state index in [0.29, 0.717) is 18.6 Å². The van der Waals surface area contributed by atoms with Gasteiger partial charge in [0.1, 0.15) is 0 Å². The van der Waals surface area contributed by atoms with Gasteiger partial charge in [-0.25, -0.2) is 0 Å². The quantitative estimate of drug-likeness (QED) is 0.750. The van der Waals surface area contributed by atoms with E-state index in [2.05, 4.69) is 5.32 Å². The van der Waals surface area contributed by atoms with Gasteiger partial charge in [0.05, 0.1) is 20.3 Å². The van der Waals surface area contributed by atoms with Gasteiger partial charge in [0.2, 0.25) is 11.7 Å². The molecule has 6 nitrogen and oxygen atoms in total. The van der Waals surface area contributed by atoms with Crippen LogP contribution in [0.2, 0.25) is 0 Å². The van der Waals surface area contributed by atoms with Crippen molar-refractivity contribution in [1.29, 1.82) is 0 Å². The second-order valence-corrected chi connectivity index (χ2v) is 9.55. The lowest BCUT2D eigenvalue weighted by Crippen LogP contribution is -2.27. The number of fused-ring (bicyclic) bond motifs is 3. The summed E-state index contributed by atoms with van der Waals surface area (Å²) in [4.78, 5) is 24.8. The zero-order chi connectivity index (χ0) is 21.3. The van der Waals surface area contributed by atoms with Crippen LogP contribution in [0.1, 0.15) is 30.5 Å². The van der Waals surface area contributed by atoms with E-state index in [1.165, 1.54) is 21.1 Å². The fourth-order valence-corrected chi connectivity index (χ4v) is 4.81. The fraction of sp³-hybridized carbons (Fsp3) is 0.364. The number of aromatic hydroxyl groups is 1. The Hall–Kier alpha value is -2.59. The van der Waals surface area contributed by atoms with E-state index in [4.69, 9.17) is 9.47 Å². The van der Waals surface area contributed by atoms with Gasteiger partial charge in [0.15, 0.2) is 16.9 Å². The lowest BCUT2D eigenvalue weighted by molar-refractivity contribution is -0.119. The molecule has 0 spiro atoms. The first-order valence-electron chi connectivity index (χ1n) is 9.38. The Morgan fingerprint density at radius 1 is 1.17 bits per heavy atom. The Morgan fingerprint density at radius 2 is 1.86 bits per heavy atom. The topological polar surface area (TPSA) is 84.9 Å². The van der Waals surface area contributed by atoms with Gasteiger partial charge < -0.3 is 19.9 Å². The van der Waals surface area contributed by atoms with Crippen LogP contribution in [0, 0.1) is 0 Å². The average molecular weight is 415 g/mol. The molecule has 2 aromatic rings. The first-order chi connectivity index (χ1) is 13.8. The summed E-state index contributed by atoms with van der Waals surface area (Å²) in [6.45, 7) is 5.55. The van der Waals surface area contributed by atoms with E-state index in [1.54, 1.807) is 12.1 Å². The molecular formula is C22H26NO5P. The van der Waals surface area contributed by atoms with Gasteiger partial charge in [-0.3, -0.25) is 9.59 Å². The van der Waals surface area contributed by atoms with Crippen LogP contribution in [0.15, 0.2) is 29.1 Å². The van der Waals surface area contributed by atoms with Gasteiger partial charge in [-0.05, 0) is 55.0 Å². The largest absolute Gasteiger partial charge is 0.504 e. The molecule has 0 aromatic heterocycles. The van der Waals surface area contributed by atoms with E-state index in [9.17, 15) is 14.7 Å². The number of aryl methyl sites for hydroxylation is 1. The summed E-state index contributed by atoms with van der Waals surface area (Å²) in [6.07, 6.45) is 1.20. The maximum absolute atomic E-state index is 12.9. The third-order valence-electron chi connectivity index (χ3n) is 5.17. The molecule has 0 bridgehead atoms. The van der Waals surface area contributed by atoms with Gasteiger partial charge in [-0.15, -0.1) is 0 Å². The van der Waals surface area contributed by atoms with Crippen molar-refractivity contribution in [3.05, 3.63) is 45.6 Å². The van der Waals surface area contributed by atoms with Crippen molar-refractivity contribution in [1.82, 2.24) is 5.32 Å². The molecule has 0 saturated heterocycles. The molecule has 0 heterocycles. The normalized spacial score (nSPS) is 15.2. The summed E-state index contributed by atoms with van der Waals surface area (Å²) in [7, 11) is 2.41. The van der Waals surface area contributed by atoms with Crippen LogP contribution in [0.3, 0.4) is 0 Å². The van der Waals surface area contributed by atoms with Crippen molar-refractivity contribution in [3.63, 3.8) is 0 Å². The highest BCUT2D eigenvalue weighted by Crippen LogP contribution is 2.49. The lowest BCUT2D eigenvalue weighted by Gasteiger charge is -2.18. The van der Waals surface area contributed by atoms with E-state index < -0.39 is 7.92 Å². The first-order valence-corrected chi connectivity index (χ1v) is 11.6. The predicted octanol–water partition coefficient (Wildman–Crippen LogP) is 2.93. The van der Waals surface area contributed by atoms with E-state index >= 15 is 0 Å². The molecule has 1 atom stereocenters. The van der Waals surface area contributed by atoms with Gasteiger partial charge in [0, 0.05) is 17.8 Å². The molecule has 1 aliphatic carbocycles. The Kier molecular flexibility index (Phi) is 6.13. The molecule has 0 fully saturated rings. The number of benzene rings is 1. The Morgan fingerprint density at radius 3 is 2.45 bits per heavy atom. The van der Waals surface area contributed by atoms with Crippen LogP contribution >= 0.6 is 7.92 Å². The second-order valence-electron chi connectivity index (χ2n) is 7.28. The van der Waals surface area contributed by atoms with Crippen molar-refractivity contribution < 1.29 is 19.4 Å². The zero-order valence-corrected chi connectivity index (χ0v) is 18.2. The Labute approximate surface area is 171 Å². The molecule has 0 saturated carbocycles. The minimum atomic E-state index is -0.594. The number of phenols is 1. The average Bonchev–Trinajstić information content (AvgIpc) is 2.90. The third kappa shape index (κ3) is 3.95. The predicted molar refractivity (Wildman–Crippen MR) is 116 cm³/mol. The maximum atomic E-state index is 12.9. The van der Waals surface area contributed by atoms with Crippen LogP contribution in [0.4, 0.5) is 0 Å². The summed E-state index contributed by atoms with van der Waals surface area (Å²) in [5.41, 5.74) is 3.17. The van der Waals surface area contributed by atoms with E-state index in [0.717, 1.165) is 27.6 Å². The number of ether oxygens (including phenoxy) is 2. The molecule has 0 radical (unpaired) electrons. The summed E-state index contributed by atoms with van der Waals surface area (Å²) in [6, 6.07) is 6.79. The molecule has 2 N–H and O–H groups in total. The zero-order valence-electron chi connectivity index (χ0n) is 17.3. The monoisotopic (exact) mass is 415 g/mol. The molecule has 1 amide bonds. The molecule has 3 rings (SSSR count). The van der Waals surface area contributed by atoms with Crippen molar-refractivity contribution in [2.45, 2.75) is 25.8 Å². The number of hydrogen-bond donors (Lipinski definition) is 2. The molecule has 2 aromatic carbocycles. The number of carbonyl (C=O) groups excluding carboxylic acids is 1. The molecule has 1 aliphatic rings. The van der Waals surface area contributed by atoms with E-state index in [-0.39, 0.29) is 28.9 Å². The van der Waals surface area contributed by atoms with Gasteiger partial charge in [-0.1, -0.05) is 20.1 Å². The molecular weight excluding hydrogens is 389 g/mol. The number of carbonyl (C=O) groups is 1. The summed E-state index contributed by atoms with van der Waals surface area (Å²) in [5.74, 6) is 0.505. The van der Waals surface area contributed by atoms with Crippen LogP contribution in [-0.2, 0) is 11.2 Å². The highest BCUT2D eigenvalue weighted by molar-refractivity contribution is 7.64. The number of rotatable bonds is 4. The first kappa shape index (κ1) is 21.1. The summed E-state index contributed by atoms with van der Waals surface area (Å²) >= 11 is 0. The molecule has 7 heteroatoms. The number of nitrogens with one attached hydrogen (secondary N) is 1. The fourth-order valence-electron chi connectivity index (χ4n) is 3.93. The Bertz CT molecular complexity index is 1020. The van der Waals surface area contributed by atoms with Gasteiger partial charge in [0.25, 0.3) is 0 Å². The van der Waals surface area contributed by atoms with Crippen molar-refractivity contribution in [2.24, 2.45) is 0 Å². The van der Waals surface area contributed by atoms with Crippen LogP contribution in [0.25, 0.3) is 11.1 Å². The SMILES string of the molecule is COc1c(O)cc2c(c1OC)-c1ccc(P(C)C)c(=O)cc1C(NC(C)=O)CC2. The summed E-state index contributed by atoms with van der Waals surface area (Å²) < 4.78 is 11.0. The standard InChI is InChI=1S/C22H26NO5P/c1-12(24)23-16-8-6-13-10-18(26)21(27-2)22(28-3)20(13)14-7-9-19(29(4)5)17(25)11-15(14)16/h7,9-11,16,26H,6,8H2,1-5H3,(H,23,24). The van der Waals surface area contributed by atoms with Gasteiger partial charge >= 0.3 is 0 Å². The molecule has 0 aliphatic heterocycles. The second kappa shape index (κ2) is 8.42. The number of hydrogen-bond acceptors (Lipinski definition) is 5. The molecule has 1 unspecified atom stereocenters. The summed E-state index contributed by atoms with van der Waals surface area (Å²) in [5, 5.41) is 14.2. The minimum absolute atomic E-state index is 0.00114.